The Morgan fingerprint density at radius 3 is 3.15 bits per heavy atom. The number of hydrogen-bond donors (Lipinski definition) is 2. The van der Waals surface area contributed by atoms with Crippen LogP contribution in [-0.4, -0.2) is 24.6 Å². The third-order valence-electron chi connectivity index (χ3n) is 1.43. The summed E-state index contributed by atoms with van der Waals surface area (Å²) in [5, 5.41) is 2.77. The first-order valence-corrected chi connectivity index (χ1v) is 3.74. The third-order valence-corrected chi connectivity index (χ3v) is 1.43. The number of anilines is 2. The van der Waals surface area contributed by atoms with E-state index in [-0.39, 0.29) is 12.5 Å². The van der Waals surface area contributed by atoms with Crippen molar-refractivity contribution in [3.63, 3.8) is 0 Å². The van der Waals surface area contributed by atoms with E-state index >= 15 is 0 Å². The molecule has 0 radical (unpaired) electrons. The molecule has 1 rings (SSSR count). The smallest absolute Gasteiger partial charge is 0.325 e. The first-order chi connectivity index (χ1) is 6.22. The van der Waals surface area contributed by atoms with Crippen molar-refractivity contribution in [1.82, 2.24) is 4.98 Å². The summed E-state index contributed by atoms with van der Waals surface area (Å²) in [7, 11) is 1.33. The second-order valence-corrected chi connectivity index (χ2v) is 2.40. The van der Waals surface area contributed by atoms with Crippen molar-refractivity contribution in [2.24, 2.45) is 0 Å². The number of hydrogen-bond acceptors (Lipinski definition) is 5. The van der Waals surface area contributed by atoms with Gasteiger partial charge in [-0.05, 0) is 6.07 Å². The number of nitrogens with two attached hydrogens (primary N) is 1. The van der Waals surface area contributed by atoms with Crippen LogP contribution in [0.25, 0.3) is 0 Å². The molecule has 1 aromatic heterocycles. The van der Waals surface area contributed by atoms with Crippen LogP contribution < -0.4 is 11.1 Å². The number of nitrogens with zero attached hydrogens (tertiary/aromatic N) is 1. The summed E-state index contributed by atoms with van der Waals surface area (Å²) < 4.78 is 4.44. The van der Waals surface area contributed by atoms with Gasteiger partial charge in [0.05, 0.1) is 7.11 Å². The molecule has 0 saturated carbocycles. The molecule has 0 aliphatic heterocycles. The minimum absolute atomic E-state index is 0.0902. The minimum atomic E-state index is -0.343. The maximum atomic E-state index is 10.7. The topological polar surface area (TPSA) is 77.2 Å². The Morgan fingerprint density at radius 1 is 1.77 bits per heavy atom. The Hall–Kier alpha value is -1.78. The summed E-state index contributed by atoms with van der Waals surface area (Å²) in [5.74, 6) is 0.217. The van der Waals surface area contributed by atoms with E-state index in [4.69, 9.17) is 5.73 Å². The fourth-order valence-corrected chi connectivity index (χ4v) is 0.778. The van der Waals surface area contributed by atoms with Crippen molar-refractivity contribution in [3.8, 4) is 0 Å². The molecule has 5 heteroatoms. The number of esters is 1. The normalized spacial score (nSPS) is 9.31. The Bertz CT molecular complexity index is 301. The van der Waals surface area contributed by atoms with Crippen LogP contribution in [0.15, 0.2) is 18.3 Å². The van der Waals surface area contributed by atoms with Crippen LogP contribution in [0.1, 0.15) is 0 Å². The highest BCUT2D eigenvalue weighted by molar-refractivity contribution is 5.74. The highest BCUT2D eigenvalue weighted by atomic mass is 16.5. The van der Waals surface area contributed by atoms with Gasteiger partial charge in [-0.1, -0.05) is 0 Å². The second-order valence-electron chi connectivity index (χ2n) is 2.40. The maximum absolute atomic E-state index is 10.7. The standard InChI is InChI=1S/C8H11N3O2/c1-13-8(12)5-11-7-4-6(9)2-3-10-7/h2-4H,5H2,1H3,(H3,9,10,11). The van der Waals surface area contributed by atoms with E-state index in [1.54, 1.807) is 18.3 Å². The van der Waals surface area contributed by atoms with Gasteiger partial charge in [0.25, 0.3) is 0 Å². The molecule has 0 amide bonds. The summed E-state index contributed by atoms with van der Waals surface area (Å²) in [5.41, 5.74) is 6.10. The summed E-state index contributed by atoms with van der Waals surface area (Å²) in [4.78, 5) is 14.7. The van der Waals surface area contributed by atoms with Gasteiger partial charge in [0, 0.05) is 18.0 Å². The Labute approximate surface area is 75.9 Å². The lowest BCUT2D eigenvalue weighted by atomic mass is 10.4. The fourth-order valence-electron chi connectivity index (χ4n) is 0.778. The number of nitrogens with one attached hydrogen (secondary N) is 1. The van der Waals surface area contributed by atoms with Crippen LogP contribution in [-0.2, 0) is 9.53 Å². The van der Waals surface area contributed by atoms with Gasteiger partial charge in [-0.3, -0.25) is 4.79 Å². The largest absolute Gasteiger partial charge is 0.468 e. The number of carbonyl (C=O) groups is 1. The Balaban J connectivity index is 2.50. The van der Waals surface area contributed by atoms with Gasteiger partial charge >= 0.3 is 5.97 Å². The van der Waals surface area contributed by atoms with Crippen LogP contribution in [0.3, 0.4) is 0 Å². The van der Waals surface area contributed by atoms with Crippen LogP contribution in [0.4, 0.5) is 11.5 Å². The molecule has 0 aliphatic rings. The van der Waals surface area contributed by atoms with Crippen molar-refractivity contribution >= 4 is 17.5 Å². The molecular formula is C8H11N3O2. The van der Waals surface area contributed by atoms with Crippen molar-refractivity contribution in [3.05, 3.63) is 18.3 Å². The highest BCUT2D eigenvalue weighted by Gasteiger charge is 1.99. The van der Waals surface area contributed by atoms with Crippen molar-refractivity contribution < 1.29 is 9.53 Å². The molecule has 3 N–H and O–H groups in total. The van der Waals surface area contributed by atoms with Crippen molar-refractivity contribution in [2.75, 3.05) is 24.7 Å². The van der Waals surface area contributed by atoms with E-state index in [2.05, 4.69) is 15.0 Å². The number of aromatic nitrogens is 1. The number of methoxy groups -OCH3 is 1. The van der Waals surface area contributed by atoms with Gasteiger partial charge < -0.3 is 15.8 Å². The van der Waals surface area contributed by atoms with Crippen molar-refractivity contribution in [1.29, 1.82) is 0 Å². The molecule has 1 aromatic rings. The third kappa shape index (κ3) is 2.98. The number of nitrogen functional groups attached to an aromatic ring is 1. The molecule has 0 fully saturated rings. The van der Waals surface area contributed by atoms with Gasteiger partial charge in [-0.15, -0.1) is 0 Å². The molecule has 0 aliphatic carbocycles. The van der Waals surface area contributed by atoms with Crippen LogP contribution >= 0.6 is 0 Å². The zero-order chi connectivity index (χ0) is 9.68. The summed E-state index contributed by atoms with van der Waals surface area (Å²) in [6.45, 7) is 0.0902. The molecule has 0 saturated heterocycles. The predicted molar refractivity (Wildman–Crippen MR) is 49.2 cm³/mol. The first-order valence-electron chi connectivity index (χ1n) is 3.74. The molecule has 5 nitrogen and oxygen atoms in total. The second kappa shape index (κ2) is 4.30. The minimum Gasteiger partial charge on any atom is -0.468 e. The zero-order valence-corrected chi connectivity index (χ0v) is 7.28. The highest BCUT2D eigenvalue weighted by Crippen LogP contribution is 2.06. The van der Waals surface area contributed by atoms with Gasteiger partial charge in [0.15, 0.2) is 0 Å². The molecule has 0 atom stereocenters. The quantitative estimate of drug-likeness (QED) is 0.653. The first kappa shape index (κ1) is 9.31. The van der Waals surface area contributed by atoms with E-state index in [1.165, 1.54) is 7.11 Å². The lowest BCUT2D eigenvalue weighted by molar-refractivity contribution is -0.138. The number of carbonyl (C=O) groups excluding carboxylic acids is 1. The van der Waals surface area contributed by atoms with E-state index < -0.39 is 0 Å². The molecule has 1 heterocycles. The number of ether oxygens (including phenoxy) is 1. The van der Waals surface area contributed by atoms with Crippen LogP contribution in [0.5, 0.6) is 0 Å². The van der Waals surface area contributed by atoms with E-state index in [0.29, 0.717) is 11.5 Å². The van der Waals surface area contributed by atoms with Gasteiger partial charge in [-0.25, -0.2) is 4.98 Å². The molecule has 70 valence electrons. The van der Waals surface area contributed by atoms with Gasteiger partial charge in [-0.2, -0.15) is 0 Å². The molecule has 13 heavy (non-hydrogen) atoms. The number of rotatable bonds is 3. The summed E-state index contributed by atoms with van der Waals surface area (Å²) in [6.07, 6.45) is 1.56. The van der Waals surface area contributed by atoms with Crippen LogP contribution in [0.2, 0.25) is 0 Å². The van der Waals surface area contributed by atoms with Crippen molar-refractivity contribution in [2.45, 2.75) is 0 Å². The molecule has 0 spiro atoms. The molecule has 0 unspecified atom stereocenters. The molecular weight excluding hydrogens is 170 g/mol. The number of pyridine rings is 1. The summed E-state index contributed by atoms with van der Waals surface area (Å²) >= 11 is 0. The van der Waals surface area contributed by atoms with Crippen LogP contribution in [0, 0.1) is 0 Å². The predicted octanol–water partition coefficient (Wildman–Crippen LogP) is 0.249. The average molecular weight is 181 g/mol. The van der Waals surface area contributed by atoms with E-state index in [9.17, 15) is 4.79 Å². The average Bonchev–Trinajstić information content (AvgIpc) is 2.14. The fraction of sp³-hybridized carbons (Fsp3) is 0.250. The zero-order valence-electron chi connectivity index (χ0n) is 7.28. The lowest BCUT2D eigenvalue weighted by Crippen LogP contribution is -2.15. The van der Waals surface area contributed by atoms with E-state index in [0.717, 1.165) is 0 Å². The van der Waals surface area contributed by atoms with E-state index in [1.807, 2.05) is 0 Å². The monoisotopic (exact) mass is 181 g/mol. The SMILES string of the molecule is COC(=O)CNc1cc(N)ccn1. The maximum Gasteiger partial charge on any atom is 0.325 e. The summed E-state index contributed by atoms with van der Waals surface area (Å²) in [6, 6.07) is 3.31. The molecule has 0 aromatic carbocycles. The molecule has 0 bridgehead atoms. The Kier molecular flexibility index (Phi) is 3.08. The lowest BCUT2D eigenvalue weighted by Gasteiger charge is -2.03. The van der Waals surface area contributed by atoms with Gasteiger partial charge in [0.1, 0.15) is 12.4 Å². The van der Waals surface area contributed by atoms with Gasteiger partial charge in [0.2, 0.25) is 0 Å². The Morgan fingerprint density at radius 2 is 2.54 bits per heavy atom.